The summed E-state index contributed by atoms with van der Waals surface area (Å²) in [5.41, 5.74) is 5.83. The minimum absolute atomic E-state index is 0.0650. The van der Waals surface area contributed by atoms with E-state index in [1.165, 1.54) is 19.2 Å². The highest BCUT2D eigenvalue weighted by atomic mass is 32.2. The lowest BCUT2D eigenvalue weighted by Gasteiger charge is -2.14. The molecule has 0 bridgehead atoms. The lowest BCUT2D eigenvalue weighted by molar-refractivity contribution is -0.143. The largest absolute Gasteiger partial charge is 0.468 e. The number of hydrogen-bond donors (Lipinski definition) is 1. The van der Waals surface area contributed by atoms with Crippen LogP contribution < -0.4 is 5.73 Å². The zero-order valence-corrected chi connectivity index (χ0v) is 11.1. The molecule has 5 nitrogen and oxygen atoms in total. The van der Waals surface area contributed by atoms with Gasteiger partial charge in [0.15, 0.2) is 9.84 Å². The van der Waals surface area contributed by atoms with Crippen LogP contribution in [-0.2, 0) is 24.8 Å². The Kier molecular flexibility index (Phi) is 2.85. The van der Waals surface area contributed by atoms with Crippen molar-refractivity contribution in [2.45, 2.75) is 23.2 Å². The number of esters is 1. The smallest absolute Gasteiger partial charge is 0.316 e. The summed E-state index contributed by atoms with van der Waals surface area (Å²) >= 11 is 0. The summed E-state index contributed by atoms with van der Waals surface area (Å²) in [6, 6.07) is 4.69. The van der Waals surface area contributed by atoms with Crippen LogP contribution in [0.3, 0.4) is 0 Å². The van der Waals surface area contributed by atoms with E-state index in [0.29, 0.717) is 18.4 Å². The van der Waals surface area contributed by atoms with E-state index >= 15 is 0 Å². The maximum Gasteiger partial charge on any atom is 0.316 e. The van der Waals surface area contributed by atoms with E-state index in [2.05, 4.69) is 0 Å². The van der Waals surface area contributed by atoms with Crippen LogP contribution in [0.15, 0.2) is 23.1 Å². The number of rotatable bonds is 3. The average molecular weight is 269 g/mol. The van der Waals surface area contributed by atoms with Gasteiger partial charge in [-0.15, -0.1) is 0 Å². The molecule has 98 valence electrons. The number of nitrogen functional groups attached to an aromatic ring is 1. The summed E-state index contributed by atoms with van der Waals surface area (Å²) in [6.45, 7) is 0. The maximum absolute atomic E-state index is 11.7. The molecule has 1 aliphatic rings. The molecule has 2 N–H and O–H groups in total. The van der Waals surface area contributed by atoms with Gasteiger partial charge in [-0.3, -0.25) is 4.79 Å². The molecule has 1 saturated carbocycles. The zero-order valence-electron chi connectivity index (χ0n) is 10.3. The van der Waals surface area contributed by atoms with Gasteiger partial charge in [0.05, 0.1) is 23.1 Å². The van der Waals surface area contributed by atoms with E-state index in [9.17, 15) is 13.2 Å². The minimum Gasteiger partial charge on any atom is -0.468 e. The van der Waals surface area contributed by atoms with Crippen molar-refractivity contribution in [3.63, 3.8) is 0 Å². The first kappa shape index (κ1) is 12.9. The first-order valence-corrected chi connectivity index (χ1v) is 7.39. The van der Waals surface area contributed by atoms with Gasteiger partial charge in [0.1, 0.15) is 0 Å². The lowest BCUT2D eigenvalue weighted by Crippen LogP contribution is -2.22. The fourth-order valence-electron chi connectivity index (χ4n) is 2.08. The van der Waals surface area contributed by atoms with E-state index in [1.807, 2.05) is 0 Å². The number of methoxy groups -OCH3 is 1. The van der Waals surface area contributed by atoms with Gasteiger partial charge in [0.2, 0.25) is 0 Å². The Balaban J connectivity index is 2.53. The molecule has 1 aromatic carbocycles. The van der Waals surface area contributed by atoms with E-state index in [4.69, 9.17) is 10.5 Å². The molecule has 0 spiro atoms. The van der Waals surface area contributed by atoms with Crippen molar-refractivity contribution >= 4 is 21.5 Å². The van der Waals surface area contributed by atoms with Crippen LogP contribution in [0.2, 0.25) is 0 Å². The molecular formula is C12H15NO4S. The van der Waals surface area contributed by atoms with Crippen LogP contribution in [0.5, 0.6) is 0 Å². The van der Waals surface area contributed by atoms with Crippen molar-refractivity contribution in [1.82, 2.24) is 0 Å². The molecule has 0 heterocycles. The lowest BCUT2D eigenvalue weighted by atomic mass is 9.96. The Morgan fingerprint density at radius 3 is 2.44 bits per heavy atom. The van der Waals surface area contributed by atoms with Crippen molar-refractivity contribution < 1.29 is 17.9 Å². The minimum atomic E-state index is -3.40. The summed E-state index contributed by atoms with van der Waals surface area (Å²) in [5.74, 6) is -0.327. The summed E-state index contributed by atoms with van der Waals surface area (Å²) in [7, 11) is -2.07. The molecule has 1 aliphatic carbocycles. The van der Waals surface area contributed by atoms with Gasteiger partial charge in [0.25, 0.3) is 0 Å². The van der Waals surface area contributed by atoms with Crippen molar-refractivity contribution in [2.75, 3.05) is 19.1 Å². The summed E-state index contributed by atoms with van der Waals surface area (Å²) in [4.78, 5) is 11.8. The highest BCUT2D eigenvalue weighted by Gasteiger charge is 2.52. The SMILES string of the molecule is COC(=O)C1(c2ccc(N)c(S(C)(=O)=O)c2)CC1. The van der Waals surface area contributed by atoms with Crippen molar-refractivity contribution in [1.29, 1.82) is 0 Å². The number of benzene rings is 1. The van der Waals surface area contributed by atoms with Crippen LogP contribution in [0.25, 0.3) is 0 Å². The standard InChI is InChI=1S/C12H15NO4S/c1-17-11(14)12(5-6-12)8-3-4-9(13)10(7-8)18(2,15)16/h3-4,7H,5-6,13H2,1-2H3. The molecule has 0 atom stereocenters. The Bertz CT molecular complexity index is 603. The highest BCUT2D eigenvalue weighted by molar-refractivity contribution is 7.90. The quantitative estimate of drug-likeness (QED) is 0.650. The maximum atomic E-state index is 11.7. The van der Waals surface area contributed by atoms with Gasteiger partial charge in [-0.2, -0.15) is 0 Å². The van der Waals surface area contributed by atoms with Gasteiger partial charge >= 0.3 is 5.97 Å². The van der Waals surface area contributed by atoms with Gasteiger partial charge in [0, 0.05) is 6.26 Å². The molecule has 18 heavy (non-hydrogen) atoms. The molecule has 2 rings (SSSR count). The summed E-state index contributed by atoms with van der Waals surface area (Å²) < 4.78 is 28.0. The van der Waals surface area contributed by atoms with Crippen LogP contribution in [-0.4, -0.2) is 27.8 Å². The van der Waals surface area contributed by atoms with Gasteiger partial charge in [-0.1, -0.05) is 6.07 Å². The predicted octanol–water partition coefficient (Wildman–Crippen LogP) is 0.877. The molecule has 0 saturated heterocycles. The number of hydrogen-bond acceptors (Lipinski definition) is 5. The van der Waals surface area contributed by atoms with E-state index < -0.39 is 15.3 Å². The van der Waals surface area contributed by atoms with Gasteiger partial charge < -0.3 is 10.5 Å². The Morgan fingerprint density at radius 2 is 2.00 bits per heavy atom. The van der Waals surface area contributed by atoms with Crippen molar-refractivity contribution in [2.24, 2.45) is 0 Å². The van der Waals surface area contributed by atoms with E-state index in [-0.39, 0.29) is 16.6 Å². The molecule has 1 aromatic rings. The number of carbonyl (C=O) groups is 1. The number of nitrogens with two attached hydrogens (primary N) is 1. The molecule has 0 aromatic heterocycles. The third-order valence-corrected chi connectivity index (χ3v) is 4.44. The van der Waals surface area contributed by atoms with E-state index in [0.717, 1.165) is 6.26 Å². The Labute approximate surface area is 106 Å². The number of carbonyl (C=O) groups excluding carboxylic acids is 1. The second-order valence-electron chi connectivity index (χ2n) is 4.60. The van der Waals surface area contributed by atoms with Gasteiger partial charge in [-0.05, 0) is 30.5 Å². The second kappa shape index (κ2) is 3.98. The topological polar surface area (TPSA) is 86.5 Å². The molecule has 0 unspecified atom stereocenters. The summed E-state index contributed by atoms with van der Waals surface area (Å²) in [5, 5.41) is 0. The Morgan fingerprint density at radius 1 is 1.39 bits per heavy atom. The van der Waals surface area contributed by atoms with Crippen LogP contribution in [0.4, 0.5) is 5.69 Å². The fourth-order valence-corrected chi connectivity index (χ4v) is 2.92. The third kappa shape index (κ3) is 1.96. The first-order valence-electron chi connectivity index (χ1n) is 5.50. The highest BCUT2D eigenvalue weighted by Crippen LogP contribution is 2.49. The number of anilines is 1. The van der Waals surface area contributed by atoms with E-state index in [1.54, 1.807) is 6.07 Å². The number of sulfone groups is 1. The van der Waals surface area contributed by atoms with Crippen molar-refractivity contribution in [3.05, 3.63) is 23.8 Å². The van der Waals surface area contributed by atoms with Crippen molar-refractivity contribution in [3.8, 4) is 0 Å². The van der Waals surface area contributed by atoms with Crippen LogP contribution >= 0.6 is 0 Å². The fraction of sp³-hybridized carbons (Fsp3) is 0.417. The van der Waals surface area contributed by atoms with Crippen LogP contribution in [0, 0.1) is 0 Å². The molecule has 0 amide bonds. The molecule has 0 radical (unpaired) electrons. The molecule has 0 aliphatic heterocycles. The molecule has 6 heteroatoms. The van der Waals surface area contributed by atoms with Crippen LogP contribution in [0.1, 0.15) is 18.4 Å². The normalized spacial score (nSPS) is 17.2. The second-order valence-corrected chi connectivity index (χ2v) is 6.58. The zero-order chi connectivity index (χ0) is 13.6. The molecular weight excluding hydrogens is 254 g/mol. The number of ether oxygens (including phenoxy) is 1. The average Bonchev–Trinajstić information content (AvgIpc) is 3.08. The molecule has 1 fully saturated rings. The summed E-state index contributed by atoms with van der Waals surface area (Å²) in [6.07, 6.45) is 2.44. The predicted molar refractivity (Wildman–Crippen MR) is 66.9 cm³/mol. The Hall–Kier alpha value is -1.56. The third-order valence-electron chi connectivity index (χ3n) is 3.29. The first-order chi connectivity index (χ1) is 8.31. The van der Waals surface area contributed by atoms with Gasteiger partial charge in [-0.25, -0.2) is 8.42 Å². The monoisotopic (exact) mass is 269 g/mol.